The fourth-order valence-electron chi connectivity index (χ4n) is 2.89. The van der Waals surface area contributed by atoms with Gasteiger partial charge in [0.05, 0.1) is 19.5 Å². The van der Waals surface area contributed by atoms with Crippen LogP contribution < -0.4 is 10.1 Å². The summed E-state index contributed by atoms with van der Waals surface area (Å²) in [5.41, 5.74) is 1.51. The fraction of sp³-hybridized carbons (Fsp3) is 0.421. The maximum atomic E-state index is 12.5. The van der Waals surface area contributed by atoms with Crippen molar-refractivity contribution in [3.05, 3.63) is 47.9 Å². The number of ether oxygens (including phenoxy) is 1. The third-order valence-electron chi connectivity index (χ3n) is 4.61. The molecule has 1 saturated heterocycles. The van der Waals surface area contributed by atoms with Gasteiger partial charge in [0.2, 0.25) is 0 Å². The zero-order valence-electron chi connectivity index (χ0n) is 15.3. The lowest BCUT2D eigenvalue weighted by molar-refractivity contribution is 0.0637. The highest BCUT2D eigenvalue weighted by atomic mass is 16.5. The van der Waals surface area contributed by atoms with Gasteiger partial charge in [-0.15, -0.1) is 0 Å². The Labute approximate surface area is 154 Å². The largest absolute Gasteiger partial charge is 0.497 e. The molecule has 2 aromatic rings. The predicted octanol–water partition coefficient (Wildman–Crippen LogP) is 1.87. The number of nitrogens with one attached hydrogen (secondary N) is 1. The molecule has 0 atom stereocenters. The zero-order chi connectivity index (χ0) is 18.4. The molecule has 1 amide bonds. The molecule has 1 aliphatic heterocycles. The SMILES string of the molecule is CCN1CCN(C(=O)c2cnc(NCc3ccc(OC)cc3)cn2)CC1. The Morgan fingerprint density at radius 1 is 1.12 bits per heavy atom. The third-order valence-corrected chi connectivity index (χ3v) is 4.61. The first-order valence-corrected chi connectivity index (χ1v) is 8.90. The first kappa shape index (κ1) is 18.1. The number of nitrogens with zero attached hydrogens (tertiary/aromatic N) is 4. The number of rotatable bonds is 6. The molecule has 0 aliphatic carbocycles. The Morgan fingerprint density at radius 2 is 1.85 bits per heavy atom. The van der Waals surface area contributed by atoms with E-state index >= 15 is 0 Å². The number of amides is 1. The highest BCUT2D eigenvalue weighted by molar-refractivity contribution is 5.92. The Kier molecular flexibility index (Phi) is 6.01. The molecule has 138 valence electrons. The number of carbonyl (C=O) groups is 1. The molecular weight excluding hydrogens is 330 g/mol. The molecule has 26 heavy (non-hydrogen) atoms. The van der Waals surface area contributed by atoms with E-state index < -0.39 is 0 Å². The van der Waals surface area contributed by atoms with E-state index in [1.54, 1.807) is 19.5 Å². The van der Waals surface area contributed by atoms with Gasteiger partial charge < -0.3 is 19.9 Å². The highest BCUT2D eigenvalue weighted by Crippen LogP contribution is 2.13. The molecular formula is C19H25N5O2. The van der Waals surface area contributed by atoms with Crippen LogP contribution >= 0.6 is 0 Å². The molecule has 1 N–H and O–H groups in total. The maximum Gasteiger partial charge on any atom is 0.274 e. The summed E-state index contributed by atoms with van der Waals surface area (Å²) in [6.07, 6.45) is 3.16. The van der Waals surface area contributed by atoms with E-state index in [0.29, 0.717) is 18.1 Å². The van der Waals surface area contributed by atoms with E-state index in [0.717, 1.165) is 44.0 Å². The number of carbonyl (C=O) groups excluding carboxylic acids is 1. The number of likely N-dealkylation sites (N-methyl/N-ethyl adjacent to an activating group) is 1. The van der Waals surface area contributed by atoms with Crippen LogP contribution in [-0.2, 0) is 6.54 Å². The van der Waals surface area contributed by atoms with Crippen molar-refractivity contribution in [2.45, 2.75) is 13.5 Å². The molecule has 0 bridgehead atoms. The summed E-state index contributed by atoms with van der Waals surface area (Å²) in [7, 11) is 1.65. The van der Waals surface area contributed by atoms with Gasteiger partial charge >= 0.3 is 0 Å². The molecule has 3 rings (SSSR count). The second-order valence-corrected chi connectivity index (χ2v) is 6.21. The van der Waals surface area contributed by atoms with Gasteiger partial charge in [0, 0.05) is 32.7 Å². The normalized spacial score (nSPS) is 14.9. The average Bonchev–Trinajstić information content (AvgIpc) is 2.72. The minimum Gasteiger partial charge on any atom is -0.497 e. The van der Waals surface area contributed by atoms with Gasteiger partial charge in [0.25, 0.3) is 5.91 Å². The quantitative estimate of drug-likeness (QED) is 0.853. The summed E-state index contributed by atoms with van der Waals surface area (Å²) in [4.78, 5) is 25.3. The van der Waals surface area contributed by atoms with Gasteiger partial charge in [-0.3, -0.25) is 4.79 Å². The smallest absolute Gasteiger partial charge is 0.274 e. The summed E-state index contributed by atoms with van der Waals surface area (Å²) < 4.78 is 5.15. The van der Waals surface area contributed by atoms with E-state index in [2.05, 4.69) is 27.1 Å². The summed E-state index contributed by atoms with van der Waals surface area (Å²) >= 11 is 0. The molecule has 1 aromatic carbocycles. The van der Waals surface area contributed by atoms with Crippen molar-refractivity contribution in [1.29, 1.82) is 0 Å². The van der Waals surface area contributed by atoms with E-state index in [9.17, 15) is 4.79 Å². The number of piperazine rings is 1. The molecule has 0 spiro atoms. The summed E-state index contributed by atoms with van der Waals surface area (Å²) in [5.74, 6) is 1.43. The first-order valence-electron chi connectivity index (χ1n) is 8.90. The van der Waals surface area contributed by atoms with E-state index in [4.69, 9.17) is 4.74 Å². The van der Waals surface area contributed by atoms with Crippen molar-refractivity contribution in [2.75, 3.05) is 45.2 Å². The molecule has 1 aromatic heterocycles. The Morgan fingerprint density at radius 3 is 2.42 bits per heavy atom. The molecule has 0 unspecified atom stereocenters. The monoisotopic (exact) mass is 355 g/mol. The van der Waals surface area contributed by atoms with Gasteiger partial charge in [0.15, 0.2) is 0 Å². The fourth-order valence-corrected chi connectivity index (χ4v) is 2.89. The Balaban J connectivity index is 1.53. The van der Waals surface area contributed by atoms with Crippen LogP contribution in [-0.4, -0.2) is 65.5 Å². The van der Waals surface area contributed by atoms with Gasteiger partial charge in [0.1, 0.15) is 17.3 Å². The second-order valence-electron chi connectivity index (χ2n) is 6.21. The number of benzene rings is 1. The molecule has 7 nitrogen and oxygen atoms in total. The molecule has 1 aliphatic rings. The van der Waals surface area contributed by atoms with Gasteiger partial charge in [-0.1, -0.05) is 19.1 Å². The average molecular weight is 355 g/mol. The van der Waals surface area contributed by atoms with Crippen LogP contribution in [0.5, 0.6) is 5.75 Å². The molecule has 0 radical (unpaired) electrons. The van der Waals surface area contributed by atoms with Crippen LogP contribution in [0.2, 0.25) is 0 Å². The number of aromatic nitrogens is 2. The van der Waals surface area contributed by atoms with E-state index in [1.165, 1.54) is 0 Å². The van der Waals surface area contributed by atoms with Crippen LogP contribution in [0.15, 0.2) is 36.7 Å². The predicted molar refractivity (Wildman–Crippen MR) is 100 cm³/mol. The van der Waals surface area contributed by atoms with Crippen molar-refractivity contribution in [1.82, 2.24) is 19.8 Å². The minimum absolute atomic E-state index is 0.0463. The Bertz CT molecular complexity index is 710. The summed E-state index contributed by atoms with van der Waals surface area (Å²) in [5, 5.41) is 3.21. The molecule has 1 fully saturated rings. The summed E-state index contributed by atoms with van der Waals surface area (Å²) in [6, 6.07) is 7.83. The number of hydrogen-bond donors (Lipinski definition) is 1. The van der Waals surface area contributed by atoms with Crippen molar-refractivity contribution in [3.8, 4) is 5.75 Å². The topological polar surface area (TPSA) is 70.6 Å². The highest BCUT2D eigenvalue weighted by Gasteiger charge is 2.22. The van der Waals surface area contributed by atoms with E-state index in [1.807, 2.05) is 29.2 Å². The molecule has 2 heterocycles. The lowest BCUT2D eigenvalue weighted by Crippen LogP contribution is -2.48. The van der Waals surface area contributed by atoms with Crippen LogP contribution in [0.25, 0.3) is 0 Å². The number of methoxy groups -OCH3 is 1. The minimum atomic E-state index is -0.0463. The lowest BCUT2D eigenvalue weighted by atomic mass is 10.2. The lowest BCUT2D eigenvalue weighted by Gasteiger charge is -2.33. The van der Waals surface area contributed by atoms with Crippen molar-refractivity contribution < 1.29 is 9.53 Å². The number of hydrogen-bond acceptors (Lipinski definition) is 6. The summed E-state index contributed by atoms with van der Waals surface area (Å²) in [6.45, 7) is 7.11. The maximum absolute atomic E-state index is 12.5. The van der Waals surface area contributed by atoms with Crippen LogP contribution in [0, 0.1) is 0 Å². The van der Waals surface area contributed by atoms with Crippen LogP contribution in [0.4, 0.5) is 5.82 Å². The molecule has 7 heteroatoms. The van der Waals surface area contributed by atoms with Gasteiger partial charge in [-0.25, -0.2) is 9.97 Å². The third kappa shape index (κ3) is 4.49. The van der Waals surface area contributed by atoms with Crippen molar-refractivity contribution >= 4 is 11.7 Å². The number of anilines is 1. The van der Waals surface area contributed by atoms with Crippen LogP contribution in [0.1, 0.15) is 23.0 Å². The van der Waals surface area contributed by atoms with Gasteiger partial charge in [-0.2, -0.15) is 0 Å². The second kappa shape index (κ2) is 8.62. The van der Waals surface area contributed by atoms with Crippen molar-refractivity contribution in [3.63, 3.8) is 0 Å². The van der Waals surface area contributed by atoms with Crippen LogP contribution in [0.3, 0.4) is 0 Å². The zero-order valence-corrected chi connectivity index (χ0v) is 15.3. The van der Waals surface area contributed by atoms with E-state index in [-0.39, 0.29) is 5.91 Å². The Hall–Kier alpha value is -2.67. The van der Waals surface area contributed by atoms with Crippen molar-refractivity contribution in [2.24, 2.45) is 0 Å². The van der Waals surface area contributed by atoms with Gasteiger partial charge in [-0.05, 0) is 24.2 Å². The molecule has 0 saturated carbocycles. The standard InChI is InChI=1S/C19H25N5O2/c1-3-23-8-10-24(11-9-23)19(25)17-13-22-18(14-20-17)21-12-15-4-6-16(26-2)7-5-15/h4-7,13-14H,3,8-12H2,1-2H3,(H,21,22). The first-order chi connectivity index (χ1) is 12.7.